The van der Waals surface area contributed by atoms with Crippen LogP contribution in [0.4, 0.5) is 0 Å². The molecule has 0 aromatic carbocycles. The van der Waals surface area contributed by atoms with E-state index >= 15 is 0 Å². The first-order valence-corrected chi connectivity index (χ1v) is 11.6. The Labute approximate surface area is 142 Å². The van der Waals surface area contributed by atoms with Gasteiger partial charge in [0.25, 0.3) is 0 Å². The molecule has 0 aliphatic carbocycles. The van der Waals surface area contributed by atoms with E-state index in [4.69, 9.17) is 13.9 Å². The lowest BCUT2D eigenvalue weighted by Gasteiger charge is -2.36. The largest absolute Gasteiger partial charge is 0.463 e. The van der Waals surface area contributed by atoms with Crippen molar-refractivity contribution < 1.29 is 18.7 Å². The Kier molecular flexibility index (Phi) is 7.05. The van der Waals surface area contributed by atoms with Gasteiger partial charge in [-0.3, -0.25) is 0 Å². The molecule has 0 aromatic rings. The lowest BCUT2D eigenvalue weighted by atomic mass is 10.0. The van der Waals surface area contributed by atoms with Crippen molar-refractivity contribution in [2.75, 3.05) is 13.2 Å². The number of epoxide rings is 1. The lowest BCUT2D eigenvalue weighted by Crippen LogP contribution is -2.41. The summed E-state index contributed by atoms with van der Waals surface area (Å²) in [7, 11) is -1.67. The van der Waals surface area contributed by atoms with Crippen molar-refractivity contribution in [3.63, 3.8) is 0 Å². The predicted molar refractivity (Wildman–Crippen MR) is 96.0 cm³/mol. The fourth-order valence-electron chi connectivity index (χ4n) is 2.17. The topological polar surface area (TPSA) is 48.1 Å². The van der Waals surface area contributed by atoms with Crippen molar-refractivity contribution in [2.24, 2.45) is 5.92 Å². The van der Waals surface area contributed by atoms with Crippen LogP contribution in [0.3, 0.4) is 0 Å². The van der Waals surface area contributed by atoms with Crippen molar-refractivity contribution in [1.82, 2.24) is 0 Å². The van der Waals surface area contributed by atoms with Crippen LogP contribution in [0.15, 0.2) is 11.6 Å². The average molecular weight is 343 g/mol. The summed E-state index contributed by atoms with van der Waals surface area (Å²) >= 11 is 0. The normalized spacial score (nSPS) is 23.6. The minimum absolute atomic E-state index is 0.0438. The third-order valence-corrected chi connectivity index (χ3v) is 9.51. The summed E-state index contributed by atoms with van der Waals surface area (Å²) in [6.45, 7) is 18.3. The first-order valence-electron chi connectivity index (χ1n) is 8.64. The van der Waals surface area contributed by atoms with Crippen LogP contribution in [-0.2, 0) is 18.7 Å². The summed E-state index contributed by atoms with van der Waals surface area (Å²) < 4.78 is 16.9. The molecule has 0 N–H and O–H groups in total. The van der Waals surface area contributed by atoms with Gasteiger partial charge in [-0.15, -0.1) is 0 Å². The summed E-state index contributed by atoms with van der Waals surface area (Å²) in [4.78, 5) is 11.6. The Morgan fingerprint density at radius 1 is 1.35 bits per heavy atom. The van der Waals surface area contributed by atoms with Crippen molar-refractivity contribution >= 4 is 14.3 Å². The van der Waals surface area contributed by atoms with Crippen molar-refractivity contribution in [3.05, 3.63) is 11.6 Å². The van der Waals surface area contributed by atoms with Crippen molar-refractivity contribution in [2.45, 2.75) is 78.3 Å². The number of carbonyl (C=O) groups excluding carboxylic acids is 1. The maximum atomic E-state index is 11.6. The maximum Gasteiger partial charge on any atom is 0.333 e. The molecule has 0 unspecified atom stereocenters. The Morgan fingerprint density at radius 3 is 2.48 bits per heavy atom. The zero-order valence-corrected chi connectivity index (χ0v) is 17.1. The molecule has 1 aliphatic rings. The Bertz CT molecular complexity index is 437. The highest BCUT2D eigenvalue weighted by Crippen LogP contribution is 2.37. The molecule has 0 amide bonds. The second-order valence-electron chi connectivity index (χ2n) is 8.01. The van der Waals surface area contributed by atoms with Crippen LogP contribution in [0, 0.1) is 5.92 Å². The number of esters is 1. The molecule has 23 heavy (non-hydrogen) atoms. The highest BCUT2D eigenvalue weighted by Gasteiger charge is 2.42. The van der Waals surface area contributed by atoms with Gasteiger partial charge in [0.2, 0.25) is 0 Å². The van der Waals surface area contributed by atoms with Gasteiger partial charge in [0.15, 0.2) is 8.32 Å². The quantitative estimate of drug-likeness (QED) is 0.285. The number of carbonyl (C=O) groups is 1. The second kappa shape index (κ2) is 7.95. The lowest BCUT2D eigenvalue weighted by molar-refractivity contribution is -0.138. The van der Waals surface area contributed by atoms with E-state index in [-0.39, 0.29) is 23.2 Å². The summed E-state index contributed by atoms with van der Waals surface area (Å²) in [6.07, 6.45) is 3.11. The number of ether oxygens (including phenoxy) is 2. The van der Waals surface area contributed by atoms with Gasteiger partial charge in [-0.1, -0.05) is 27.7 Å². The van der Waals surface area contributed by atoms with Crippen molar-refractivity contribution in [3.8, 4) is 0 Å². The molecule has 1 saturated heterocycles. The molecule has 0 spiro atoms. The predicted octanol–water partition coefficient (Wildman–Crippen LogP) is 4.31. The minimum atomic E-state index is -1.67. The van der Waals surface area contributed by atoms with Crippen LogP contribution >= 0.6 is 0 Å². The molecule has 5 heteroatoms. The summed E-state index contributed by atoms with van der Waals surface area (Å²) in [5, 5.41) is 0.244. The average Bonchev–Trinajstić information content (AvgIpc) is 3.16. The smallest absolute Gasteiger partial charge is 0.333 e. The van der Waals surface area contributed by atoms with E-state index in [9.17, 15) is 4.79 Å². The molecule has 0 radical (unpaired) electrons. The third-order valence-electron chi connectivity index (χ3n) is 4.98. The molecule has 0 bridgehead atoms. The summed E-state index contributed by atoms with van der Waals surface area (Å²) in [6, 6.07) is 0. The van der Waals surface area contributed by atoms with Gasteiger partial charge in [-0.05, 0) is 50.4 Å². The molecule has 1 rings (SSSR count). The van der Waals surface area contributed by atoms with Gasteiger partial charge < -0.3 is 13.9 Å². The molecule has 3 atom stereocenters. The van der Waals surface area contributed by atoms with Gasteiger partial charge in [0.05, 0.1) is 12.7 Å². The number of hydrogen-bond donors (Lipinski definition) is 0. The number of hydrogen-bond acceptors (Lipinski definition) is 4. The second-order valence-corrected chi connectivity index (χ2v) is 12.8. The molecule has 1 aliphatic heterocycles. The minimum Gasteiger partial charge on any atom is -0.463 e. The first kappa shape index (κ1) is 20.4. The third kappa shape index (κ3) is 6.05. The van der Waals surface area contributed by atoms with E-state index in [1.54, 1.807) is 6.92 Å². The SMILES string of the molecule is CCOC(=O)/C(C)=C/[C@@H]1O[C@H]1[C@@H](C)CCO[Si](C)(C)C(C)(C)C. The fourth-order valence-corrected chi connectivity index (χ4v) is 3.23. The molecule has 0 aromatic heterocycles. The number of rotatable bonds is 8. The monoisotopic (exact) mass is 342 g/mol. The van der Waals surface area contributed by atoms with Gasteiger partial charge in [-0.25, -0.2) is 4.79 Å². The van der Waals surface area contributed by atoms with Gasteiger partial charge >= 0.3 is 5.97 Å². The van der Waals surface area contributed by atoms with Gasteiger partial charge in [0.1, 0.15) is 6.10 Å². The van der Waals surface area contributed by atoms with Crippen LogP contribution in [0.2, 0.25) is 18.1 Å². The summed E-state index contributed by atoms with van der Waals surface area (Å²) in [5.41, 5.74) is 0.629. The molecule has 134 valence electrons. The van der Waals surface area contributed by atoms with E-state index < -0.39 is 8.32 Å². The fraction of sp³-hybridized carbons (Fsp3) is 0.833. The van der Waals surface area contributed by atoms with Crippen LogP contribution in [0.25, 0.3) is 0 Å². The molecule has 0 saturated carbocycles. The van der Waals surface area contributed by atoms with E-state index in [0.29, 0.717) is 18.1 Å². The highest BCUT2D eigenvalue weighted by atomic mass is 28.4. The molecule has 1 fully saturated rings. The standard InChI is InChI=1S/C18H34O4Si/c1-9-20-17(19)14(3)12-15-16(22-15)13(2)10-11-21-23(7,8)18(4,5)6/h12-13,15-16H,9-11H2,1-8H3/b14-12+/t13-,15-,16-/m0/s1. The van der Waals surface area contributed by atoms with Crippen molar-refractivity contribution in [1.29, 1.82) is 0 Å². The van der Waals surface area contributed by atoms with E-state index in [1.807, 2.05) is 13.0 Å². The zero-order chi connectivity index (χ0) is 17.8. The zero-order valence-electron chi connectivity index (χ0n) is 16.1. The van der Waals surface area contributed by atoms with E-state index in [1.165, 1.54) is 0 Å². The van der Waals surface area contributed by atoms with Gasteiger partial charge in [-0.2, -0.15) is 0 Å². The molecule has 1 heterocycles. The summed E-state index contributed by atoms with van der Waals surface area (Å²) in [5.74, 6) is 0.173. The molecular formula is C18H34O4Si. The van der Waals surface area contributed by atoms with Crippen LogP contribution in [-0.4, -0.2) is 39.7 Å². The molecular weight excluding hydrogens is 308 g/mol. The van der Waals surface area contributed by atoms with E-state index in [2.05, 4.69) is 40.8 Å². The Hall–Kier alpha value is -0.653. The van der Waals surface area contributed by atoms with Crippen LogP contribution < -0.4 is 0 Å². The van der Waals surface area contributed by atoms with Crippen LogP contribution in [0.5, 0.6) is 0 Å². The highest BCUT2D eigenvalue weighted by molar-refractivity contribution is 6.74. The van der Waals surface area contributed by atoms with E-state index in [0.717, 1.165) is 13.0 Å². The molecule has 4 nitrogen and oxygen atoms in total. The maximum absolute atomic E-state index is 11.6. The first-order chi connectivity index (χ1) is 10.5. The van der Waals surface area contributed by atoms with Crippen LogP contribution in [0.1, 0.15) is 48.0 Å². The Balaban J connectivity index is 2.37. The van der Waals surface area contributed by atoms with Gasteiger partial charge in [0, 0.05) is 12.2 Å². The Morgan fingerprint density at radius 2 is 1.96 bits per heavy atom.